The van der Waals surface area contributed by atoms with Gasteiger partial charge in [0, 0.05) is 30.1 Å². The van der Waals surface area contributed by atoms with Crippen LogP contribution in [0.3, 0.4) is 0 Å². The van der Waals surface area contributed by atoms with Crippen LogP contribution >= 0.6 is 11.3 Å². The molecule has 2 saturated heterocycles. The lowest BCUT2D eigenvalue weighted by molar-refractivity contribution is -0.135. The molecule has 1 N–H and O–H groups in total. The number of nitrogens with zero attached hydrogens (tertiary/aromatic N) is 2. The van der Waals surface area contributed by atoms with Gasteiger partial charge in [-0.15, -0.1) is 11.3 Å². The van der Waals surface area contributed by atoms with Crippen LogP contribution in [0, 0.1) is 5.92 Å². The van der Waals surface area contributed by atoms with Crippen molar-refractivity contribution in [3.63, 3.8) is 0 Å². The van der Waals surface area contributed by atoms with Crippen LogP contribution in [0.25, 0.3) is 0 Å². The molecule has 2 aliphatic rings. The van der Waals surface area contributed by atoms with Crippen LogP contribution in [0.1, 0.15) is 51.3 Å². The number of urea groups is 1. The molecule has 0 aromatic carbocycles. The van der Waals surface area contributed by atoms with Gasteiger partial charge in [-0.25, -0.2) is 4.79 Å². The molecular weight excluding hydrogens is 386 g/mol. The van der Waals surface area contributed by atoms with Crippen molar-refractivity contribution in [1.29, 1.82) is 0 Å². The quantitative estimate of drug-likeness (QED) is 0.544. The molecule has 158 valence electrons. The van der Waals surface area contributed by atoms with Gasteiger partial charge < -0.3 is 10.2 Å². The standard InChI is InChI=1S/C22H31N3O3S/c1-4-11-22(17-8-12-24(13-9-17)19(26)16(3)5-2)20(27)25(21(28)23-22)14-10-18-7-6-15-29-18/h5-7,15,17H,4,8-14H2,1-3H3,(H,23,28)/b16-5+/t22-/m1/s1. The van der Waals surface area contributed by atoms with Gasteiger partial charge >= 0.3 is 6.03 Å². The smallest absolute Gasteiger partial charge is 0.325 e. The van der Waals surface area contributed by atoms with Crippen molar-refractivity contribution >= 4 is 29.2 Å². The summed E-state index contributed by atoms with van der Waals surface area (Å²) in [4.78, 5) is 43.0. The van der Waals surface area contributed by atoms with Crippen LogP contribution in [0.15, 0.2) is 29.2 Å². The number of imide groups is 1. The molecule has 3 rings (SSSR count). The lowest BCUT2D eigenvalue weighted by atomic mass is 9.74. The van der Waals surface area contributed by atoms with Gasteiger partial charge in [-0.2, -0.15) is 0 Å². The Morgan fingerprint density at radius 2 is 2.07 bits per heavy atom. The van der Waals surface area contributed by atoms with Crippen molar-refractivity contribution in [2.45, 2.75) is 58.4 Å². The predicted octanol–water partition coefficient (Wildman–Crippen LogP) is 3.59. The Morgan fingerprint density at radius 3 is 2.66 bits per heavy atom. The van der Waals surface area contributed by atoms with E-state index in [2.05, 4.69) is 5.32 Å². The van der Waals surface area contributed by atoms with Gasteiger partial charge in [-0.3, -0.25) is 14.5 Å². The molecule has 4 amide bonds. The number of piperidine rings is 1. The summed E-state index contributed by atoms with van der Waals surface area (Å²) in [6.45, 7) is 7.40. The number of hydrogen-bond donors (Lipinski definition) is 1. The molecular formula is C22H31N3O3S. The second-order valence-electron chi connectivity index (χ2n) is 7.98. The highest BCUT2D eigenvalue weighted by molar-refractivity contribution is 7.09. The van der Waals surface area contributed by atoms with Gasteiger partial charge in [-0.05, 0) is 56.9 Å². The van der Waals surface area contributed by atoms with Gasteiger partial charge in [0.15, 0.2) is 0 Å². The minimum Gasteiger partial charge on any atom is -0.339 e. The first kappa shape index (κ1) is 21.6. The largest absolute Gasteiger partial charge is 0.339 e. The number of nitrogens with one attached hydrogen (secondary N) is 1. The molecule has 6 nitrogen and oxygen atoms in total. The monoisotopic (exact) mass is 417 g/mol. The average molecular weight is 418 g/mol. The highest BCUT2D eigenvalue weighted by Gasteiger charge is 2.55. The van der Waals surface area contributed by atoms with E-state index in [0.717, 1.165) is 24.8 Å². The number of allylic oxidation sites excluding steroid dienone is 1. The minimum absolute atomic E-state index is 0.0561. The van der Waals surface area contributed by atoms with Crippen molar-refractivity contribution < 1.29 is 14.4 Å². The van der Waals surface area contributed by atoms with Crippen LogP contribution in [-0.2, 0) is 16.0 Å². The van der Waals surface area contributed by atoms with E-state index in [1.807, 2.05) is 49.3 Å². The van der Waals surface area contributed by atoms with Crippen molar-refractivity contribution in [1.82, 2.24) is 15.1 Å². The zero-order valence-corrected chi connectivity index (χ0v) is 18.4. The summed E-state index contributed by atoms with van der Waals surface area (Å²) in [7, 11) is 0. The summed E-state index contributed by atoms with van der Waals surface area (Å²) in [5.41, 5.74) is -0.0804. The Bertz CT molecular complexity index is 781. The molecule has 0 aliphatic carbocycles. The third-order valence-electron chi connectivity index (χ3n) is 6.26. The molecule has 1 aromatic heterocycles. The number of amides is 4. The first-order valence-electron chi connectivity index (χ1n) is 10.5. The topological polar surface area (TPSA) is 69.7 Å². The third-order valence-corrected chi connectivity index (χ3v) is 7.19. The van der Waals surface area contributed by atoms with Crippen molar-refractivity contribution in [2.24, 2.45) is 5.92 Å². The maximum absolute atomic E-state index is 13.4. The molecule has 0 saturated carbocycles. The zero-order valence-electron chi connectivity index (χ0n) is 17.6. The van der Waals surface area contributed by atoms with Gasteiger partial charge in [0.2, 0.25) is 5.91 Å². The van der Waals surface area contributed by atoms with Crippen molar-refractivity contribution in [3.05, 3.63) is 34.0 Å². The van der Waals surface area contributed by atoms with Crippen LogP contribution in [0.2, 0.25) is 0 Å². The van der Waals surface area contributed by atoms with Crippen LogP contribution < -0.4 is 5.32 Å². The molecule has 0 unspecified atom stereocenters. The van der Waals surface area contributed by atoms with E-state index in [0.29, 0.717) is 32.5 Å². The number of hydrogen-bond acceptors (Lipinski definition) is 4. The molecule has 7 heteroatoms. The van der Waals surface area contributed by atoms with E-state index in [4.69, 9.17) is 0 Å². The summed E-state index contributed by atoms with van der Waals surface area (Å²) in [5, 5.41) is 5.08. The van der Waals surface area contributed by atoms with Gasteiger partial charge in [0.1, 0.15) is 5.54 Å². The summed E-state index contributed by atoms with van der Waals surface area (Å²) >= 11 is 1.64. The zero-order chi connectivity index (χ0) is 21.0. The van der Waals surface area contributed by atoms with Gasteiger partial charge in [0.05, 0.1) is 0 Å². The lowest BCUT2D eigenvalue weighted by Crippen LogP contribution is -2.56. The predicted molar refractivity (Wildman–Crippen MR) is 115 cm³/mol. The SMILES string of the molecule is C/C=C(\C)C(=O)N1CCC([C@@]2(CCC)NC(=O)N(CCc3cccs3)C2=O)CC1. The van der Waals surface area contributed by atoms with Crippen LogP contribution in [0.5, 0.6) is 0 Å². The Labute approximate surface area is 176 Å². The summed E-state index contributed by atoms with van der Waals surface area (Å²) in [5.74, 6) is 0.0331. The highest BCUT2D eigenvalue weighted by atomic mass is 32.1. The molecule has 0 radical (unpaired) electrons. The number of carbonyl (C=O) groups excluding carboxylic acids is 3. The Balaban J connectivity index is 1.70. The fourth-order valence-electron chi connectivity index (χ4n) is 4.52. The summed E-state index contributed by atoms with van der Waals surface area (Å²) in [6.07, 6.45) is 5.44. The maximum atomic E-state index is 13.4. The van der Waals surface area contributed by atoms with Gasteiger partial charge in [0.25, 0.3) is 5.91 Å². The van der Waals surface area contributed by atoms with E-state index in [1.54, 1.807) is 11.3 Å². The maximum Gasteiger partial charge on any atom is 0.325 e. The average Bonchev–Trinajstić information content (AvgIpc) is 3.33. The number of rotatable bonds is 7. The third kappa shape index (κ3) is 4.25. The first-order chi connectivity index (χ1) is 13.9. The summed E-state index contributed by atoms with van der Waals surface area (Å²) < 4.78 is 0. The molecule has 0 spiro atoms. The fourth-order valence-corrected chi connectivity index (χ4v) is 5.22. The number of carbonyl (C=O) groups is 3. The lowest BCUT2D eigenvalue weighted by Gasteiger charge is -2.41. The Hall–Kier alpha value is -2.15. The minimum atomic E-state index is -0.827. The molecule has 3 heterocycles. The van der Waals surface area contributed by atoms with Crippen LogP contribution in [-0.4, -0.2) is 52.8 Å². The Kier molecular flexibility index (Phi) is 6.77. The normalized spacial score (nSPS) is 23.6. The van der Waals surface area contributed by atoms with Crippen molar-refractivity contribution in [2.75, 3.05) is 19.6 Å². The second-order valence-corrected chi connectivity index (χ2v) is 9.01. The van der Waals surface area contributed by atoms with E-state index in [-0.39, 0.29) is 23.8 Å². The molecule has 1 aromatic rings. The van der Waals surface area contributed by atoms with Crippen LogP contribution in [0.4, 0.5) is 4.79 Å². The molecule has 2 fully saturated rings. The van der Waals surface area contributed by atoms with E-state index < -0.39 is 5.54 Å². The van der Waals surface area contributed by atoms with Gasteiger partial charge in [-0.1, -0.05) is 25.5 Å². The molecule has 0 bridgehead atoms. The van der Waals surface area contributed by atoms with E-state index in [9.17, 15) is 14.4 Å². The second kappa shape index (κ2) is 9.11. The number of likely N-dealkylation sites (tertiary alicyclic amines) is 1. The van der Waals surface area contributed by atoms with E-state index in [1.165, 1.54) is 9.78 Å². The summed E-state index contributed by atoms with van der Waals surface area (Å²) in [6, 6.07) is 3.74. The number of thiophene rings is 1. The molecule has 2 aliphatic heterocycles. The van der Waals surface area contributed by atoms with E-state index >= 15 is 0 Å². The highest BCUT2D eigenvalue weighted by Crippen LogP contribution is 2.37. The Morgan fingerprint density at radius 1 is 1.34 bits per heavy atom. The molecule has 29 heavy (non-hydrogen) atoms. The first-order valence-corrected chi connectivity index (χ1v) is 11.4. The fraction of sp³-hybridized carbons (Fsp3) is 0.591. The van der Waals surface area contributed by atoms with Crippen molar-refractivity contribution in [3.8, 4) is 0 Å². The molecule has 1 atom stereocenters.